The van der Waals surface area contributed by atoms with Gasteiger partial charge in [-0.3, -0.25) is 9.63 Å². The van der Waals surface area contributed by atoms with Gasteiger partial charge in [0.1, 0.15) is 12.4 Å². The highest BCUT2D eigenvalue weighted by atomic mass is 19.1. The fourth-order valence-electron chi connectivity index (χ4n) is 4.37. The predicted octanol–water partition coefficient (Wildman–Crippen LogP) is 3.75. The number of hydrogen-bond donors (Lipinski definition) is 3. The average Bonchev–Trinajstić information content (AvgIpc) is 3.21. The molecule has 1 fully saturated rings. The third-order valence-electron chi connectivity index (χ3n) is 5.77. The molecule has 0 saturated carbocycles. The lowest BCUT2D eigenvalue weighted by Crippen LogP contribution is -2.34. The van der Waals surface area contributed by atoms with Crippen molar-refractivity contribution in [1.82, 2.24) is 15.8 Å². The summed E-state index contributed by atoms with van der Waals surface area (Å²) in [6, 6.07) is 10.9. The monoisotopic (exact) mass is 365 g/mol. The van der Waals surface area contributed by atoms with Gasteiger partial charge in [-0.1, -0.05) is 18.2 Å². The Morgan fingerprint density at radius 1 is 1.22 bits per heavy atom. The third kappa shape index (κ3) is 2.48. The van der Waals surface area contributed by atoms with Crippen molar-refractivity contribution in [2.75, 3.05) is 6.54 Å². The van der Waals surface area contributed by atoms with Crippen LogP contribution in [0, 0.1) is 5.82 Å². The predicted molar refractivity (Wildman–Crippen MR) is 101 cm³/mol. The summed E-state index contributed by atoms with van der Waals surface area (Å²) in [6.07, 6.45) is 1.97. The molecule has 5 nitrogen and oxygen atoms in total. The van der Waals surface area contributed by atoms with E-state index in [1.165, 1.54) is 0 Å². The molecule has 6 heteroatoms. The van der Waals surface area contributed by atoms with Crippen molar-refractivity contribution in [2.24, 2.45) is 0 Å². The number of aromatic nitrogens is 1. The molecular weight excluding hydrogens is 345 g/mol. The molecule has 0 spiro atoms. The van der Waals surface area contributed by atoms with E-state index in [0.29, 0.717) is 11.1 Å². The molecule has 3 N–H and O–H groups in total. The van der Waals surface area contributed by atoms with Gasteiger partial charge in [0.05, 0.1) is 11.3 Å². The van der Waals surface area contributed by atoms with Crippen LogP contribution in [0.15, 0.2) is 36.4 Å². The minimum Gasteiger partial charge on any atom is -0.354 e. The molecule has 2 aliphatic rings. The van der Waals surface area contributed by atoms with Crippen LogP contribution in [0.5, 0.6) is 0 Å². The first kappa shape index (κ1) is 16.5. The molecule has 1 amide bonds. The first-order valence-electron chi connectivity index (χ1n) is 9.18. The van der Waals surface area contributed by atoms with E-state index in [-0.39, 0.29) is 23.9 Å². The summed E-state index contributed by atoms with van der Waals surface area (Å²) < 4.78 is 15.0. The number of rotatable bonds is 2. The highest BCUT2D eigenvalue weighted by Gasteiger charge is 2.32. The largest absolute Gasteiger partial charge is 0.354 e. The van der Waals surface area contributed by atoms with E-state index < -0.39 is 0 Å². The Kier molecular flexibility index (Phi) is 3.60. The van der Waals surface area contributed by atoms with Crippen molar-refractivity contribution < 1.29 is 14.0 Å². The summed E-state index contributed by atoms with van der Waals surface area (Å²) in [5.74, 6) is -0.495. The second-order valence-electron chi connectivity index (χ2n) is 7.48. The van der Waals surface area contributed by atoms with Crippen LogP contribution in [-0.4, -0.2) is 17.4 Å². The zero-order valence-electron chi connectivity index (χ0n) is 15.0. The topological polar surface area (TPSA) is 66.1 Å². The van der Waals surface area contributed by atoms with Gasteiger partial charge >= 0.3 is 0 Å². The fraction of sp³-hybridized carbons (Fsp3) is 0.286. The molecule has 27 heavy (non-hydrogen) atoms. The molecule has 2 aromatic carbocycles. The maximum atomic E-state index is 15.0. The van der Waals surface area contributed by atoms with Crippen LogP contribution in [0.25, 0.3) is 22.2 Å². The fourth-order valence-corrected chi connectivity index (χ4v) is 4.37. The number of hydroxylamine groups is 1. The number of benzene rings is 2. The lowest BCUT2D eigenvalue weighted by Gasteiger charge is -2.25. The molecule has 3 aromatic rings. The van der Waals surface area contributed by atoms with Crippen LogP contribution in [0.1, 0.15) is 41.3 Å². The van der Waals surface area contributed by atoms with Crippen molar-refractivity contribution >= 4 is 16.8 Å². The Hall–Kier alpha value is -2.70. The number of amides is 1. The normalized spacial score (nSPS) is 22.1. The Morgan fingerprint density at radius 3 is 2.89 bits per heavy atom. The Bertz CT molecular complexity index is 1070. The van der Waals surface area contributed by atoms with Gasteiger partial charge in [-0.25, -0.2) is 9.87 Å². The second kappa shape index (κ2) is 5.90. The van der Waals surface area contributed by atoms with E-state index in [1.807, 2.05) is 31.2 Å². The number of H-pyrrole nitrogens is 1. The number of nitrogens with one attached hydrogen (secondary N) is 3. The van der Waals surface area contributed by atoms with Gasteiger partial charge in [-0.05, 0) is 44.5 Å². The molecule has 5 rings (SSSR count). The molecule has 2 aliphatic heterocycles. The Balaban J connectivity index is 1.66. The lowest BCUT2D eigenvalue weighted by atomic mass is 9.89. The van der Waals surface area contributed by atoms with Gasteiger partial charge in [0, 0.05) is 33.1 Å². The Labute approximate surface area is 155 Å². The summed E-state index contributed by atoms with van der Waals surface area (Å²) in [5, 5.41) is 4.24. The van der Waals surface area contributed by atoms with Crippen LogP contribution in [0.2, 0.25) is 0 Å². The van der Waals surface area contributed by atoms with Gasteiger partial charge in [0.25, 0.3) is 5.91 Å². The third-order valence-corrected chi connectivity index (χ3v) is 5.77. The van der Waals surface area contributed by atoms with Gasteiger partial charge in [0.15, 0.2) is 0 Å². The molecule has 0 bridgehead atoms. The zero-order valence-corrected chi connectivity index (χ0v) is 15.0. The summed E-state index contributed by atoms with van der Waals surface area (Å²) in [4.78, 5) is 20.9. The van der Waals surface area contributed by atoms with E-state index in [0.717, 1.165) is 47.1 Å². The van der Waals surface area contributed by atoms with Gasteiger partial charge in [-0.2, -0.15) is 0 Å². The molecule has 1 aromatic heterocycles. The molecular formula is C21H20FN3O2. The van der Waals surface area contributed by atoms with E-state index in [2.05, 4.69) is 15.8 Å². The van der Waals surface area contributed by atoms with E-state index in [4.69, 9.17) is 4.84 Å². The van der Waals surface area contributed by atoms with Gasteiger partial charge in [0.2, 0.25) is 0 Å². The van der Waals surface area contributed by atoms with Crippen LogP contribution in [-0.2, 0) is 17.0 Å². The Morgan fingerprint density at radius 2 is 2.11 bits per heavy atom. The van der Waals surface area contributed by atoms with Crippen molar-refractivity contribution in [3.05, 3.63) is 58.9 Å². The summed E-state index contributed by atoms with van der Waals surface area (Å²) in [7, 11) is 0. The highest BCUT2D eigenvalue weighted by Crippen LogP contribution is 2.37. The average molecular weight is 365 g/mol. The first-order valence-corrected chi connectivity index (χ1v) is 9.18. The molecule has 138 valence electrons. The number of aromatic amines is 1. The zero-order chi connectivity index (χ0) is 18.6. The van der Waals surface area contributed by atoms with E-state index >= 15 is 4.39 Å². The van der Waals surface area contributed by atoms with Crippen molar-refractivity contribution in [3.8, 4) is 11.3 Å². The SMILES string of the molecule is C[C@@]1(c2ccc(-c3[nH]c4cccc5c4c3CONC5=O)cc2F)CCCN1. The van der Waals surface area contributed by atoms with Gasteiger partial charge < -0.3 is 10.3 Å². The molecule has 1 saturated heterocycles. The summed E-state index contributed by atoms with van der Waals surface area (Å²) >= 11 is 0. The maximum absolute atomic E-state index is 15.0. The summed E-state index contributed by atoms with van der Waals surface area (Å²) in [6.45, 7) is 3.18. The van der Waals surface area contributed by atoms with Gasteiger partial charge in [-0.15, -0.1) is 0 Å². The molecule has 0 radical (unpaired) electrons. The van der Waals surface area contributed by atoms with E-state index in [9.17, 15) is 4.79 Å². The quantitative estimate of drug-likeness (QED) is 0.648. The summed E-state index contributed by atoms with van der Waals surface area (Å²) in [5.41, 5.74) is 6.60. The first-order chi connectivity index (χ1) is 13.1. The van der Waals surface area contributed by atoms with Crippen molar-refractivity contribution in [3.63, 3.8) is 0 Å². The van der Waals surface area contributed by atoms with Crippen molar-refractivity contribution in [1.29, 1.82) is 0 Å². The number of halogens is 1. The van der Waals surface area contributed by atoms with Crippen LogP contribution < -0.4 is 10.8 Å². The smallest absolute Gasteiger partial charge is 0.275 e. The number of carbonyl (C=O) groups is 1. The maximum Gasteiger partial charge on any atom is 0.275 e. The van der Waals surface area contributed by atoms with Crippen molar-refractivity contribution in [2.45, 2.75) is 31.9 Å². The minimum absolute atomic E-state index is 0.223. The molecule has 3 heterocycles. The van der Waals surface area contributed by atoms with Crippen LogP contribution in [0.4, 0.5) is 4.39 Å². The van der Waals surface area contributed by atoms with E-state index in [1.54, 1.807) is 12.1 Å². The van der Waals surface area contributed by atoms with Crippen LogP contribution >= 0.6 is 0 Å². The molecule has 1 atom stereocenters. The minimum atomic E-state index is -0.318. The number of hydrogen-bond acceptors (Lipinski definition) is 3. The standard InChI is InChI=1S/C21H20FN3O2/c1-21(8-3-9-23-21)15-7-6-12(10-16(15)22)19-14-11-27-25-20(26)13-4-2-5-17(24-19)18(13)14/h2,4-7,10,23-24H,3,8-9,11H2,1H3,(H,25,26)/t21-/m0/s1. The molecule has 0 aliphatic carbocycles. The second-order valence-corrected chi connectivity index (χ2v) is 7.48. The lowest BCUT2D eigenvalue weighted by molar-refractivity contribution is 0.0256. The van der Waals surface area contributed by atoms with Crippen LogP contribution in [0.3, 0.4) is 0 Å². The highest BCUT2D eigenvalue weighted by molar-refractivity contribution is 6.09. The molecule has 0 unspecified atom stereocenters. The number of carbonyl (C=O) groups excluding carboxylic acids is 1.